The highest BCUT2D eigenvalue weighted by atomic mass is 16.5. The first-order valence-corrected chi connectivity index (χ1v) is 16.6. The van der Waals surface area contributed by atoms with Crippen LogP contribution >= 0.6 is 0 Å². The maximum Gasteiger partial charge on any atom is 0.324 e. The van der Waals surface area contributed by atoms with Crippen molar-refractivity contribution >= 4 is 45.9 Å². The molecule has 5 aromatic rings. The standard InChI is InChI=1S/C38H41N7O5/c1-24-9-11-26(12-10-24)45-34(22-32(44-45)38(2,3)4)43-37(48)41-30-13-14-31(29-8-6-5-7-28(29)30)50-27-15-18-39-33(21-27)42-35(46)23-40-36(47)25-16-19-49-20-17-25/h5-15,18,21-22,25H,16-17,19-20,23H2,1-4H3,(H,40,47)(H,39,42,46)(H2,41,43,48). The Balaban J connectivity index is 1.14. The van der Waals surface area contributed by atoms with E-state index in [1.54, 1.807) is 28.9 Å². The van der Waals surface area contributed by atoms with Gasteiger partial charge < -0.3 is 25.4 Å². The van der Waals surface area contributed by atoms with E-state index >= 15 is 0 Å². The van der Waals surface area contributed by atoms with Crippen LogP contribution in [0.2, 0.25) is 0 Å². The van der Waals surface area contributed by atoms with Gasteiger partial charge in [0, 0.05) is 53.6 Å². The molecule has 2 aromatic heterocycles. The van der Waals surface area contributed by atoms with Crippen LogP contribution in [-0.4, -0.2) is 52.4 Å². The van der Waals surface area contributed by atoms with Crippen LogP contribution in [0.15, 0.2) is 85.1 Å². The molecule has 4 amide bonds. The molecule has 12 nitrogen and oxygen atoms in total. The van der Waals surface area contributed by atoms with Crippen molar-refractivity contribution in [1.82, 2.24) is 20.1 Å². The van der Waals surface area contributed by atoms with Gasteiger partial charge >= 0.3 is 6.03 Å². The molecule has 3 heterocycles. The lowest BCUT2D eigenvalue weighted by Gasteiger charge is -2.21. The molecule has 258 valence electrons. The minimum atomic E-state index is -0.420. The van der Waals surface area contributed by atoms with Gasteiger partial charge in [-0.05, 0) is 50.1 Å². The van der Waals surface area contributed by atoms with Crippen LogP contribution in [-0.2, 0) is 19.7 Å². The summed E-state index contributed by atoms with van der Waals surface area (Å²) in [5, 5.41) is 17.7. The first-order chi connectivity index (χ1) is 24.0. The van der Waals surface area contributed by atoms with E-state index in [4.69, 9.17) is 14.6 Å². The van der Waals surface area contributed by atoms with Gasteiger partial charge in [-0.2, -0.15) is 5.10 Å². The summed E-state index contributed by atoms with van der Waals surface area (Å²) in [4.78, 5) is 42.6. The average molecular weight is 676 g/mol. The van der Waals surface area contributed by atoms with E-state index < -0.39 is 11.9 Å². The van der Waals surface area contributed by atoms with Crippen molar-refractivity contribution in [2.75, 3.05) is 35.7 Å². The second-order valence-electron chi connectivity index (χ2n) is 13.3. The van der Waals surface area contributed by atoms with Gasteiger partial charge in [0.05, 0.1) is 23.6 Å². The zero-order chi connectivity index (χ0) is 35.3. The first kappa shape index (κ1) is 34.1. The second kappa shape index (κ2) is 14.8. The van der Waals surface area contributed by atoms with Crippen LogP contribution in [0.3, 0.4) is 0 Å². The van der Waals surface area contributed by atoms with Gasteiger partial charge in [0.25, 0.3) is 0 Å². The molecule has 0 unspecified atom stereocenters. The summed E-state index contributed by atoms with van der Waals surface area (Å²) in [7, 11) is 0. The van der Waals surface area contributed by atoms with Crippen LogP contribution in [0.25, 0.3) is 16.5 Å². The Bertz CT molecular complexity index is 2010. The molecule has 0 radical (unpaired) electrons. The molecule has 50 heavy (non-hydrogen) atoms. The van der Waals surface area contributed by atoms with Crippen molar-refractivity contribution in [2.24, 2.45) is 5.92 Å². The van der Waals surface area contributed by atoms with Gasteiger partial charge in [0.1, 0.15) is 23.1 Å². The normalized spacial score (nSPS) is 13.4. The number of urea groups is 1. The molecule has 1 aliphatic heterocycles. The van der Waals surface area contributed by atoms with Crippen LogP contribution < -0.4 is 26.0 Å². The quantitative estimate of drug-likeness (QED) is 0.132. The fourth-order valence-electron chi connectivity index (χ4n) is 5.59. The molecule has 0 aliphatic carbocycles. The van der Waals surface area contributed by atoms with E-state index in [0.717, 1.165) is 27.7 Å². The molecule has 1 aliphatic rings. The fourth-order valence-corrected chi connectivity index (χ4v) is 5.59. The molecule has 1 fully saturated rings. The zero-order valence-electron chi connectivity index (χ0n) is 28.6. The van der Waals surface area contributed by atoms with E-state index in [1.807, 2.05) is 61.5 Å². The molecule has 0 atom stereocenters. The number of nitrogens with zero attached hydrogens (tertiary/aromatic N) is 3. The number of hydrogen-bond acceptors (Lipinski definition) is 7. The minimum absolute atomic E-state index is 0.146. The number of rotatable bonds is 9. The monoisotopic (exact) mass is 675 g/mol. The zero-order valence-corrected chi connectivity index (χ0v) is 28.6. The van der Waals surface area contributed by atoms with Crippen molar-refractivity contribution < 1.29 is 23.9 Å². The number of nitrogens with one attached hydrogen (secondary N) is 4. The number of benzene rings is 3. The lowest BCUT2D eigenvalue weighted by molar-refractivity contribution is -0.129. The van der Waals surface area contributed by atoms with Crippen molar-refractivity contribution in [3.63, 3.8) is 0 Å². The Hall–Kier alpha value is -5.75. The number of anilines is 3. The Kier molecular flexibility index (Phi) is 10.1. The van der Waals surface area contributed by atoms with Gasteiger partial charge in [0.2, 0.25) is 11.8 Å². The smallest absolute Gasteiger partial charge is 0.324 e. The van der Waals surface area contributed by atoms with E-state index in [-0.39, 0.29) is 29.6 Å². The number of ether oxygens (including phenoxy) is 2. The molecule has 0 spiro atoms. The third kappa shape index (κ3) is 8.27. The van der Waals surface area contributed by atoms with Crippen LogP contribution in [0, 0.1) is 12.8 Å². The topological polar surface area (TPSA) is 148 Å². The highest BCUT2D eigenvalue weighted by molar-refractivity contribution is 6.07. The van der Waals surface area contributed by atoms with E-state index in [1.165, 1.54) is 6.20 Å². The minimum Gasteiger partial charge on any atom is -0.457 e. The summed E-state index contributed by atoms with van der Waals surface area (Å²) >= 11 is 0. The van der Waals surface area contributed by atoms with Crippen LogP contribution in [0.4, 0.5) is 22.1 Å². The number of pyridine rings is 1. The summed E-state index contributed by atoms with van der Waals surface area (Å²) in [6.45, 7) is 9.18. The number of hydrogen-bond donors (Lipinski definition) is 4. The van der Waals surface area contributed by atoms with E-state index in [0.29, 0.717) is 49.1 Å². The number of carbonyl (C=O) groups is 3. The number of aromatic nitrogens is 3. The van der Waals surface area contributed by atoms with Crippen molar-refractivity contribution in [3.05, 3.63) is 96.3 Å². The van der Waals surface area contributed by atoms with Crippen molar-refractivity contribution in [1.29, 1.82) is 0 Å². The SMILES string of the molecule is Cc1ccc(-n2nc(C(C)(C)C)cc2NC(=O)Nc2ccc(Oc3ccnc(NC(=O)CNC(=O)C4CCOCC4)c3)c3ccccc23)cc1. The summed E-state index contributed by atoms with van der Waals surface area (Å²) < 4.78 is 13.3. The molecule has 6 rings (SSSR count). The summed E-state index contributed by atoms with van der Waals surface area (Å²) in [5.41, 5.74) is 3.18. The van der Waals surface area contributed by atoms with Crippen LogP contribution in [0.1, 0.15) is 44.9 Å². The number of amides is 4. The summed E-state index contributed by atoms with van der Waals surface area (Å²) in [6, 6.07) is 23.8. The molecular weight excluding hydrogens is 634 g/mol. The fraction of sp³-hybridized carbons (Fsp3) is 0.289. The predicted molar refractivity (Wildman–Crippen MR) is 193 cm³/mol. The lowest BCUT2D eigenvalue weighted by atomic mass is 9.92. The predicted octanol–water partition coefficient (Wildman–Crippen LogP) is 6.94. The Morgan fingerprint density at radius 3 is 2.38 bits per heavy atom. The molecule has 1 saturated heterocycles. The van der Waals surface area contributed by atoms with Gasteiger partial charge in [-0.15, -0.1) is 0 Å². The maximum atomic E-state index is 13.4. The highest BCUT2D eigenvalue weighted by Gasteiger charge is 2.23. The first-order valence-electron chi connectivity index (χ1n) is 16.6. The Morgan fingerprint density at radius 2 is 1.64 bits per heavy atom. The Labute approximate surface area is 290 Å². The van der Waals surface area contributed by atoms with Gasteiger partial charge in [-0.1, -0.05) is 62.7 Å². The number of carbonyl (C=O) groups excluding carboxylic acids is 3. The van der Waals surface area contributed by atoms with Gasteiger partial charge in [-0.3, -0.25) is 14.9 Å². The molecule has 12 heteroatoms. The lowest BCUT2D eigenvalue weighted by Crippen LogP contribution is -2.38. The summed E-state index contributed by atoms with van der Waals surface area (Å²) in [6.07, 6.45) is 2.82. The van der Waals surface area contributed by atoms with Crippen molar-refractivity contribution in [2.45, 2.75) is 46.0 Å². The van der Waals surface area contributed by atoms with Gasteiger partial charge in [-0.25, -0.2) is 14.5 Å². The molecule has 4 N–H and O–H groups in total. The molecule has 0 bridgehead atoms. The number of fused-ring (bicyclic) bond motifs is 1. The van der Waals surface area contributed by atoms with Crippen LogP contribution in [0.5, 0.6) is 11.5 Å². The highest BCUT2D eigenvalue weighted by Crippen LogP contribution is 2.35. The maximum absolute atomic E-state index is 13.4. The van der Waals surface area contributed by atoms with E-state index in [2.05, 4.69) is 47.0 Å². The third-order valence-corrected chi connectivity index (χ3v) is 8.37. The largest absolute Gasteiger partial charge is 0.457 e. The van der Waals surface area contributed by atoms with Crippen molar-refractivity contribution in [3.8, 4) is 17.2 Å². The number of aryl methyl sites for hydroxylation is 1. The van der Waals surface area contributed by atoms with Gasteiger partial charge in [0.15, 0.2) is 0 Å². The molecular formula is C38H41N7O5. The van der Waals surface area contributed by atoms with E-state index in [9.17, 15) is 14.4 Å². The molecule has 0 saturated carbocycles. The Morgan fingerprint density at radius 1 is 0.900 bits per heavy atom. The second-order valence-corrected chi connectivity index (χ2v) is 13.3. The summed E-state index contributed by atoms with van der Waals surface area (Å²) in [5.74, 6) is 1.13. The molecule has 3 aromatic carbocycles. The third-order valence-electron chi connectivity index (χ3n) is 8.37. The average Bonchev–Trinajstić information content (AvgIpc) is 3.53.